The summed E-state index contributed by atoms with van der Waals surface area (Å²) in [6.07, 6.45) is 3.39. The summed E-state index contributed by atoms with van der Waals surface area (Å²) in [6, 6.07) is 7.00. The van der Waals surface area contributed by atoms with E-state index in [4.69, 9.17) is 9.72 Å². The lowest BCUT2D eigenvalue weighted by molar-refractivity contribution is -0.114. The molecule has 0 bridgehead atoms. The van der Waals surface area contributed by atoms with Gasteiger partial charge in [-0.05, 0) is 50.5 Å². The number of anilines is 2. The quantitative estimate of drug-likeness (QED) is 0.621. The van der Waals surface area contributed by atoms with Crippen molar-refractivity contribution >= 4 is 28.7 Å². The number of hydrogen-bond acceptors (Lipinski definition) is 6. The summed E-state index contributed by atoms with van der Waals surface area (Å²) in [5.41, 5.74) is 1.18. The Labute approximate surface area is 186 Å². The largest absolute Gasteiger partial charge is 0.425 e. The Hall–Kier alpha value is -3.80. The van der Waals surface area contributed by atoms with Gasteiger partial charge in [0.05, 0.1) is 6.54 Å². The second-order valence-electron chi connectivity index (χ2n) is 7.71. The third kappa shape index (κ3) is 4.30. The highest BCUT2D eigenvalue weighted by Crippen LogP contribution is 2.26. The smallest absolute Gasteiger partial charge is 0.306 e. The van der Waals surface area contributed by atoms with E-state index in [1.165, 1.54) is 17.9 Å². The molecule has 3 aromatic rings. The Morgan fingerprint density at radius 2 is 1.88 bits per heavy atom. The van der Waals surface area contributed by atoms with Gasteiger partial charge in [-0.3, -0.25) is 18.7 Å². The van der Waals surface area contributed by atoms with Gasteiger partial charge >= 0.3 is 6.01 Å². The standard InChI is InChI=1S/C23H26N6O3/c1-4-5-15-29-19-20(25-22(29)28-13-7-6-8-14-28)26-23(27(3)21(19)31)32-18-11-9-17(10-12-18)24-16(2)30/h9-12H,6-8,13-15H2,1-3H3,(H,24,30). The number of benzene rings is 1. The first-order chi connectivity index (χ1) is 15.5. The molecule has 1 saturated heterocycles. The lowest BCUT2D eigenvalue weighted by Gasteiger charge is -2.27. The number of imidazole rings is 1. The van der Waals surface area contributed by atoms with Crippen LogP contribution >= 0.6 is 0 Å². The highest BCUT2D eigenvalue weighted by atomic mass is 16.5. The number of nitrogens with one attached hydrogen (secondary N) is 1. The van der Waals surface area contributed by atoms with Gasteiger partial charge in [0, 0.05) is 32.7 Å². The molecule has 1 fully saturated rings. The van der Waals surface area contributed by atoms with Gasteiger partial charge in [-0.2, -0.15) is 9.97 Å². The van der Waals surface area contributed by atoms with Crippen LogP contribution in [-0.4, -0.2) is 38.1 Å². The molecule has 0 radical (unpaired) electrons. The second kappa shape index (κ2) is 9.14. The summed E-state index contributed by atoms with van der Waals surface area (Å²) in [6.45, 7) is 5.39. The fourth-order valence-electron chi connectivity index (χ4n) is 3.78. The Morgan fingerprint density at radius 3 is 2.53 bits per heavy atom. The first-order valence-electron chi connectivity index (χ1n) is 10.6. The van der Waals surface area contributed by atoms with Gasteiger partial charge in [0.15, 0.2) is 11.2 Å². The second-order valence-corrected chi connectivity index (χ2v) is 7.71. The Balaban J connectivity index is 1.73. The van der Waals surface area contributed by atoms with Crippen LogP contribution in [0.5, 0.6) is 11.8 Å². The number of rotatable bonds is 5. The van der Waals surface area contributed by atoms with Gasteiger partial charge in [-0.1, -0.05) is 5.92 Å². The van der Waals surface area contributed by atoms with Gasteiger partial charge in [-0.25, -0.2) is 0 Å². The molecule has 0 saturated carbocycles. The van der Waals surface area contributed by atoms with Crippen molar-refractivity contribution in [2.45, 2.75) is 39.7 Å². The van der Waals surface area contributed by atoms with Crippen molar-refractivity contribution < 1.29 is 9.53 Å². The fourth-order valence-corrected chi connectivity index (χ4v) is 3.78. The molecular formula is C23H26N6O3. The van der Waals surface area contributed by atoms with Crippen LogP contribution in [0.4, 0.5) is 11.6 Å². The van der Waals surface area contributed by atoms with E-state index in [1.54, 1.807) is 38.2 Å². The number of fused-ring (bicyclic) bond motifs is 1. The molecule has 9 heteroatoms. The van der Waals surface area contributed by atoms with Gasteiger partial charge in [-0.15, -0.1) is 5.92 Å². The van der Waals surface area contributed by atoms with Crippen LogP contribution in [-0.2, 0) is 18.4 Å². The van der Waals surface area contributed by atoms with E-state index < -0.39 is 0 Å². The molecule has 0 aliphatic carbocycles. The minimum absolute atomic E-state index is 0.145. The molecule has 3 heterocycles. The first-order valence-corrected chi connectivity index (χ1v) is 10.6. The molecule has 1 amide bonds. The van der Waals surface area contributed by atoms with Crippen molar-refractivity contribution in [3.05, 3.63) is 34.6 Å². The summed E-state index contributed by atoms with van der Waals surface area (Å²) < 4.78 is 9.12. The molecule has 0 atom stereocenters. The molecule has 0 spiro atoms. The third-order valence-electron chi connectivity index (χ3n) is 5.36. The summed E-state index contributed by atoms with van der Waals surface area (Å²) in [4.78, 5) is 35.9. The van der Waals surface area contributed by atoms with Crippen LogP contribution in [0.25, 0.3) is 11.2 Å². The Kier molecular flexibility index (Phi) is 6.12. The highest BCUT2D eigenvalue weighted by molar-refractivity contribution is 5.88. The number of carbonyl (C=O) groups excluding carboxylic acids is 1. The maximum absolute atomic E-state index is 13.3. The minimum Gasteiger partial charge on any atom is -0.425 e. The lowest BCUT2D eigenvalue weighted by Crippen LogP contribution is -2.32. The van der Waals surface area contributed by atoms with Gasteiger partial charge < -0.3 is 15.0 Å². The normalized spacial score (nSPS) is 13.5. The van der Waals surface area contributed by atoms with E-state index in [0.717, 1.165) is 31.9 Å². The van der Waals surface area contributed by atoms with Crippen LogP contribution in [0, 0.1) is 11.8 Å². The van der Waals surface area contributed by atoms with Crippen LogP contribution in [0.15, 0.2) is 29.1 Å². The maximum Gasteiger partial charge on any atom is 0.306 e. The highest BCUT2D eigenvalue weighted by Gasteiger charge is 2.23. The van der Waals surface area contributed by atoms with Gasteiger partial charge in [0.25, 0.3) is 5.56 Å². The van der Waals surface area contributed by atoms with E-state index in [1.807, 2.05) is 4.57 Å². The SMILES string of the molecule is CC#CCn1c(N2CCCCC2)nc2nc(Oc3ccc(NC(C)=O)cc3)n(C)c(=O)c21. The Morgan fingerprint density at radius 1 is 1.16 bits per heavy atom. The molecule has 1 aromatic carbocycles. The summed E-state index contributed by atoms with van der Waals surface area (Å²) in [7, 11) is 1.62. The van der Waals surface area contributed by atoms with Crippen molar-refractivity contribution in [1.29, 1.82) is 0 Å². The molecule has 32 heavy (non-hydrogen) atoms. The number of aromatic nitrogens is 4. The van der Waals surface area contributed by atoms with Crippen LogP contribution in [0.2, 0.25) is 0 Å². The van der Waals surface area contributed by atoms with Gasteiger partial charge in [0.2, 0.25) is 11.9 Å². The molecule has 166 valence electrons. The van der Waals surface area contributed by atoms with Crippen molar-refractivity contribution in [3.63, 3.8) is 0 Å². The third-order valence-corrected chi connectivity index (χ3v) is 5.36. The zero-order valence-electron chi connectivity index (χ0n) is 18.5. The molecule has 1 aliphatic rings. The van der Waals surface area contributed by atoms with Crippen LogP contribution < -0.4 is 20.5 Å². The Bertz CT molecular complexity index is 1260. The summed E-state index contributed by atoms with van der Waals surface area (Å²) in [5, 5.41) is 2.70. The number of hydrogen-bond donors (Lipinski definition) is 1. The molecule has 4 rings (SSSR count). The van der Waals surface area contributed by atoms with E-state index >= 15 is 0 Å². The predicted octanol–water partition coefficient (Wildman–Crippen LogP) is 2.89. The molecule has 9 nitrogen and oxygen atoms in total. The van der Waals surface area contributed by atoms with Crippen molar-refractivity contribution in [1.82, 2.24) is 19.1 Å². The zero-order valence-corrected chi connectivity index (χ0v) is 18.5. The number of ether oxygens (including phenoxy) is 1. The molecule has 1 N–H and O–H groups in total. The monoisotopic (exact) mass is 434 g/mol. The zero-order chi connectivity index (χ0) is 22.7. The van der Waals surface area contributed by atoms with Crippen molar-refractivity contribution in [2.24, 2.45) is 7.05 Å². The maximum atomic E-state index is 13.3. The lowest BCUT2D eigenvalue weighted by atomic mass is 10.1. The number of amides is 1. The van der Waals surface area contributed by atoms with E-state index in [2.05, 4.69) is 27.0 Å². The van der Waals surface area contributed by atoms with Crippen LogP contribution in [0.3, 0.4) is 0 Å². The van der Waals surface area contributed by atoms with Crippen LogP contribution in [0.1, 0.15) is 33.1 Å². The molecular weight excluding hydrogens is 408 g/mol. The molecule has 2 aromatic heterocycles. The van der Waals surface area contributed by atoms with Crippen molar-refractivity contribution in [3.8, 4) is 23.6 Å². The number of piperidine rings is 1. The first kappa shape index (κ1) is 21.4. The average Bonchev–Trinajstić information content (AvgIpc) is 3.15. The molecule has 0 unspecified atom stereocenters. The van der Waals surface area contributed by atoms with E-state index in [0.29, 0.717) is 29.1 Å². The number of nitrogens with zero attached hydrogens (tertiary/aromatic N) is 5. The average molecular weight is 435 g/mol. The van der Waals surface area contributed by atoms with Crippen molar-refractivity contribution in [2.75, 3.05) is 23.3 Å². The van der Waals surface area contributed by atoms with Gasteiger partial charge in [0.1, 0.15) is 5.75 Å². The molecule has 1 aliphatic heterocycles. The number of carbonyl (C=O) groups is 1. The summed E-state index contributed by atoms with van der Waals surface area (Å²) in [5.74, 6) is 7.02. The summed E-state index contributed by atoms with van der Waals surface area (Å²) >= 11 is 0. The fraction of sp³-hybridized carbons (Fsp3) is 0.391. The van der Waals surface area contributed by atoms with E-state index in [-0.39, 0.29) is 17.5 Å². The van der Waals surface area contributed by atoms with E-state index in [9.17, 15) is 9.59 Å². The topological polar surface area (TPSA) is 94.3 Å². The minimum atomic E-state index is -0.242. The predicted molar refractivity (Wildman–Crippen MR) is 123 cm³/mol.